The number of rotatable bonds is 22. The second-order valence-electron chi connectivity index (χ2n) is 9.64. The molecule has 6 nitrogen and oxygen atoms in total. The van der Waals surface area contributed by atoms with E-state index in [2.05, 4.69) is 37.3 Å². The molecule has 7 heteroatoms. The summed E-state index contributed by atoms with van der Waals surface area (Å²) < 4.78 is 35.6. The van der Waals surface area contributed by atoms with Crippen molar-refractivity contribution in [1.82, 2.24) is 0 Å². The van der Waals surface area contributed by atoms with Gasteiger partial charge in [-0.05, 0) is 53.5 Å². The highest BCUT2D eigenvalue weighted by molar-refractivity contribution is 6.75. The first-order valence-corrected chi connectivity index (χ1v) is 17.7. The SMILES string of the molecule is CCCCCCCCC(c1ccccc1)C(OCC)(OCC)OCC.CCO[Si](OCC)(OCC)c1ccccc1. The predicted molar refractivity (Wildman–Crippen MR) is 171 cm³/mol. The van der Waals surface area contributed by atoms with Gasteiger partial charge in [0.05, 0.1) is 5.92 Å². The molecule has 0 spiro atoms. The van der Waals surface area contributed by atoms with E-state index in [4.69, 9.17) is 27.5 Å². The van der Waals surface area contributed by atoms with E-state index in [0.717, 1.165) is 18.0 Å². The Bertz CT molecular complexity index is 817. The average Bonchev–Trinajstić information content (AvgIpc) is 2.99. The maximum atomic E-state index is 6.08. The van der Waals surface area contributed by atoms with Gasteiger partial charge in [0.15, 0.2) is 0 Å². The van der Waals surface area contributed by atoms with Crippen molar-refractivity contribution in [2.45, 2.75) is 105 Å². The predicted octanol–water partition coefficient (Wildman–Crippen LogP) is 8.23. The molecule has 2 aromatic rings. The molecule has 0 radical (unpaired) electrons. The highest BCUT2D eigenvalue weighted by Gasteiger charge is 2.43. The fourth-order valence-electron chi connectivity index (χ4n) is 4.98. The summed E-state index contributed by atoms with van der Waals surface area (Å²) in [4.78, 5) is 0. The molecular weight excluding hydrogens is 532 g/mol. The monoisotopic (exact) mass is 590 g/mol. The molecule has 0 amide bonds. The van der Waals surface area contributed by atoms with Crippen LogP contribution in [0, 0.1) is 0 Å². The summed E-state index contributed by atoms with van der Waals surface area (Å²) in [7, 11) is -2.67. The van der Waals surface area contributed by atoms with Gasteiger partial charge in [0.2, 0.25) is 0 Å². The van der Waals surface area contributed by atoms with Crippen LogP contribution in [0.2, 0.25) is 0 Å². The van der Waals surface area contributed by atoms with Crippen molar-refractivity contribution < 1.29 is 27.5 Å². The Morgan fingerprint density at radius 2 is 0.976 bits per heavy atom. The van der Waals surface area contributed by atoms with Crippen LogP contribution < -0.4 is 5.19 Å². The number of hydrogen-bond donors (Lipinski definition) is 0. The lowest BCUT2D eigenvalue weighted by Gasteiger charge is -2.39. The lowest BCUT2D eigenvalue weighted by molar-refractivity contribution is -0.389. The van der Waals surface area contributed by atoms with Gasteiger partial charge < -0.3 is 27.5 Å². The van der Waals surface area contributed by atoms with E-state index < -0.39 is 14.8 Å². The standard InChI is InChI=1S/C22H38O3.C12H20O3Si/c1-5-9-10-11-12-16-19-21(20-17-14-13-15-18-20)22(23-6-2,24-7-3)25-8-4;1-4-13-16(14-5-2,15-6-3)12-10-8-7-9-11-12/h13-15,17-18,21H,5-12,16,19H2,1-4H3;7-11H,4-6H2,1-3H3. The smallest absolute Gasteiger partial charge is 0.370 e. The summed E-state index contributed by atoms with van der Waals surface area (Å²) in [5.41, 5.74) is 1.23. The van der Waals surface area contributed by atoms with E-state index in [-0.39, 0.29) is 5.92 Å². The zero-order chi connectivity index (χ0) is 30.2. The summed E-state index contributed by atoms with van der Waals surface area (Å²) in [6.07, 6.45) is 8.69. The van der Waals surface area contributed by atoms with Gasteiger partial charge in [-0.3, -0.25) is 0 Å². The molecule has 41 heavy (non-hydrogen) atoms. The van der Waals surface area contributed by atoms with Gasteiger partial charge in [-0.25, -0.2) is 0 Å². The maximum Gasteiger partial charge on any atom is 0.537 e. The van der Waals surface area contributed by atoms with Crippen molar-refractivity contribution in [3.8, 4) is 0 Å². The summed E-state index contributed by atoms with van der Waals surface area (Å²) >= 11 is 0. The Morgan fingerprint density at radius 3 is 1.41 bits per heavy atom. The Morgan fingerprint density at radius 1 is 0.537 bits per heavy atom. The van der Waals surface area contributed by atoms with Gasteiger partial charge in [-0.15, -0.1) is 0 Å². The molecule has 2 aromatic carbocycles. The zero-order valence-electron chi connectivity index (χ0n) is 27.0. The number of ether oxygens (including phenoxy) is 3. The average molecular weight is 591 g/mol. The molecule has 0 aliphatic carbocycles. The molecule has 0 N–H and O–H groups in total. The highest BCUT2D eigenvalue weighted by atomic mass is 28.4. The van der Waals surface area contributed by atoms with Crippen LogP contribution in [-0.2, 0) is 27.5 Å². The Labute approximate surface area is 252 Å². The van der Waals surface area contributed by atoms with E-state index in [1.165, 1.54) is 37.7 Å². The second-order valence-corrected chi connectivity index (χ2v) is 12.2. The van der Waals surface area contributed by atoms with Gasteiger partial charge in [-0.1, -0.05) is 106 Å². The third-order valence-corrected chi connectivity index (χ3v) is 9.69. The molecule has 234 valence electrons. The fraction of sp³-hybridized carbons (Fsp3) is 0.647. The van der Waals surface area contributed by atoms with Crippen molar-refractivity contribution in [2.75, 3.05) is 39.6 Å². The normalized spacial score (nSPS) is 12.6. The van der Waals surface area contributed by atoms with E-state index in [1.54, 1.807) is 0 Å². The lowest BCUT2D eigenvalue weighted by Crippen LogP contribution is -2.56. The molecule has 0 aromatic heterocycles. The Balaban J connectivity index is 0.000000452. The summed E-state index contributed by atoms with van der Waals surface area (Å²) in [5, 5.41) is 1.03. The van der Waals surface area contributed by atoms with Gasteiger partial charge >= 0.3 is 8.80 Å². The molecule has 0 bridgehead atoms. The summed E-state index contributed by atoms with van der Waals surface area (Å²) in [6, 6.07) is 20.5. The van der Waals surface area contributed by atoms with Crippen LogP contribution >= 0.6 is 0 Å². The molecule has 1 atom stereocenters. The first-order valence-electron chi connectivity index (χ1n) is 16.0. The Kier molecular flexibility index (Phi) is 21.0. The first kappa shape index (κ1) is 37.4. The summed E-state index contributed by atoms with van der Waals surface area (Å²) in [6.45, 7) is 17.6. The second kappa shape index (κ2) is 22.9. The van der Waals surface area contributed by atoms with Gasteiger partial charge in [-0.2, -0.15) is 0 Å². The maximum absolute atomic E-state index is 6.08. The molecule has 0 saturated heterocycles. The third-order valence-electron chi connectivity index (χ3n) is 6.64. The van der Waals surface area contributed by atoms with Crippen LogP contribution in [0.25, 0.3) is 0 Å². The van der Waals surface area contributed by atoms with Crippen LogP contribution in [0.3, 0.4) is 0 Å². The van der Waals surface area contributed by atoms with Crippen LogP contribution in [0.1, 0.15) is 105 Å². The van der Waals surface area contributed by atoms with Crippen LogP contribution in [0.4, 0.5) is 0 Å². The van der Waals surface area contributed by atoms with Gasteiger partial charge in [0.25, 0.3) is 5.97 Å². The lowest BCUT2D eigenvalue weighted by atomic mass is 9.90. The van der Waals surface area contributed by atoms with Crippen LogP contribution in [-0.4, -0.2) is 54.4 Å². The summed E-state index contributed by atoms with van der Waals surface area (Å²) in [5.74, 6) is -0.900. The molecule has 0 aliphatic rings. The molecule has 0 aliphatic heterocycles. The number of unbranched alkanes of at least 4 members (excludes halogenated alkanes) is 5. The minimum absolute atomic E-state index is 0.0831. The molecular formula is C34H58O6Si. The number of hydrogen-bond acceptors (Lipinski definition) is 6. The van der Waals surface area contributed by atoms with Gasteiger partial charge in [0.1, 0.15) is 0 Å². The molecule has 2 rings (SSSR count). The largest absolute Gasteiger partial charge is 0.537 e. The van der Waals surface area contributed by atoms with Crippen molar-refractivity contribution >= 4 is 14.0 Å². The Hall–Kier alpha value is -1.58. The van der Waals surface area contributed by atoms with Crippen LogP contribution in [0.15, 0.2) is 60.7 Å². The van der Waals surface area contributed by atoms with E-state index >= 15 is 0 Å². The van der Waals surface area contributed by atoms with Crippen molar-refractivity contribution in [3.05, 3.63) is 66.2 Å². The highest BCUT2D eigenvalue weighted by Crippen LogP contribution is 2.38. The molecule has 0 saturated carbocycles. The van der Waals surface area contributed by atoms with Crippen molar-refractivity contribution in [3.63, 3.8) is 0 Å². The topological polar surface area (TPSA) is 55.4 Å². The third kappa shape index (κ3) is 13.1. The molecule has 1 unspecified atom stereocenters. The number of benzene rings is 2. The van der Waals surface area contributed by atoms with Crippen LogP contribution in [0.5, 0.6) is 0 Å². The molecule has 0 heterocycles. The molecule has 0 fully saturated rings. The van der Waals surface area contributed by atoms with Crippen molar-refractivity contribution in [2.24, 2.45) is 0 Å². The fourth-order valence-corrected chi connectivity index (χ4v) is 7.47. The van der Waals surface area contributed by atoms with E-state index in [9.17, 15) is 0 Å². The minimum atomic E-state index is -2.67. The first-order chi connectivity index (χ1) is 20.0. The quantitative estimate of drug-likeness (QED) is 0.0782. The zero-order valence-corrected chi connectivity index (χ0v) is 28.0. The minimum Gasteiger partial charge on any atom is -0.370 e. The van der Waals surface area contributed by atoms with E-state index in [0.29, 0.717) is 39.6 Å². The van der Waals surface area contributed by atoms with Crippen molar-refractivity contribution in [1.29, 1.82) is 0 Å². The van der Waals surface area contributed by atoms with Gasteiger partial charge in [0, 0.05) is 44.8 Å². The van der Waals surface area contributed by atoms with E-state index in [1.807, 2.05) is 71.9 Å².